The number of thioether (sulfide) groups is 1. The maximum atomic E-state index is 12.4. The molecule has 1 saturated heterocycles. The van der Waals surface area contributed by atoms with Gasteiger partial charge in [-0.15, -0.1) is 0 Å². The van der Waals surface area contributed by atoms with Gasteiger partial charge in [-0.05, 0) is 54.8 Å². The van der Waals surface area contributed by atoms with Crippen molar-refractivity contribution in [3.63, 3.8) is 0 Å². The number of hydrogen-bond acceptors (Lipinski definition) is 5. The van der Waals surface area contributed by atoms with Crippen molar-refractivity contribution in [1.82, 2.24) is 4.90 Å². The minimum Gasteiger partial charge on any atom is -0.493 e. The lowest BCUT2D eigenvalue weighted by Gasteiger charge is -2.20. The van der Waals surface area contributed by atoms with Gasteiger partial charge in [-0.3, -0.25) is 4.79 Å². The molecule has 5 nitrogen and oxygen atoms in total. The summed E-state index contributed by atoms with van der Waals surface area (Å²) in [5.74, 6) is 1.28. The Morgan fingerprint density at radius 3 is 2.64 bits per heavy atom. The number of methoxy groups -OCH3 is 1. The van der Waals surface area contributed by atoms with Gasteiger partial charge in [0.25, 0.3) is 5.91 Å². The van der Waals surface area contributed by atoms with Gasteiger partial charge < -0.3 is 14.4 Å². The third-order valence-corrected chi connectivity index (χ3v) is 6.02. The van der Waals surface area contributed by atoms with Gasteiger partial charge in [0.2, 0.25) is 0 Å². The number of unbranched alkanes of at least 4 members (excludes halogenated alkanes) is 2. The van der Waals surface area contributed by atoms with Crippen LogP contribution in [0.2, 0.25) is 0 Å². The van der Waals surface area contributed by atoms with Crippen LogP contribution in [0, 0.1) is 0 Å². The molecule has 1 aromatic carbocycles. The summed E-state index contributed by atoms with van der Waals surface area (Å²) in [4.78, 5) is 19.6. The van der Waals surface area contributed by atoms with E-state index in [4.69, 9.17) is 9.47 Å². The van der Waals surface area contributed by atoms with Crippen LogP contribution in [0.1, 0.15) is 57.4 Å². The molecular formula is C22H30N2O3S. The van der Waals surface area contributed by atoms with Crippen molar-refractivity contribution in [2.45, 2.75) is 51.9 Å². The Balaban J connectivity index is 1.66. The Bertz CT molecular complexity index is 737. The number of carbonyl (C=O) groups is 1. The van der Waals surface area contributed by atoms with E-state index in [9.17, 15) is 4.79 Å². The van der Waals surface area contributed by atoms with Crippen LogP contribution in [0.5, 0.6) is 11.5 Å². The van der Waals surface area contributed by atoms with E-state index in [1.54, 1.807) is 7.11 Å². The molecule has 2 aliphatic heterocycles. The number of likely N-dealkylation sites (tertiary alicyclic amines) is 1. The first-order valence-electron chi connectivity index (χ1n) is 10.3. The van der Waals surface area contributed by atoms with E-state index in [1.165, 1.54) is 43.9 Å². The minimum atomic E-state index is -0.150. The molecule has 3 rings (SSSR count). The highest BCUT2D eigenvalue weighted by Crippen LogP contribution is 2.34. The molecule has 152 valence electrons. The Kier molecular flexibility index (Phi) is 7.83. The summed E-state index contributed by atoms with van der Waals surface area (Å²) in [5, 5.41) is 0.848. The maximum Gasteiger partial charge on any atom is 0.286 e. The average molecular weight is 403 g/mol. The molecular weight excluding hydrogens is 372 g/mol. The normalized spacial score (nSPS) is 18.9. The predicted molar refractivity (Wildman–Crippen MR) is 116 cm³/mol. The molecule has 28 heavy (non-hydrogen) atoms. The third-order valence-electron chi connectivity index (χ3n) is 4.98. The SMILES string of the molecule is CCCCCOc1ccc(C=C2SC(N3CCCCCC3)=NC2=O)cc1OC. The van der Waals surface area contributed by atoms with E-state index in [2.05, 4.69) is 16.8 Å². The summed E-state index contributed by atoms with van der Waals surface area (Å²) in [6.45, 7) is 4.84. The minimum absolute atomic E-state index is 0.150. The highest BCUT2D eigenvalue weighted by atomic mass is 32.2. The first kappa shape index (κ1) is 20.8. The molecule has 0 radical (unpaired) electrons. The number of nitrogens with zero attached hydrogens (tertiary/aromatic N) is 2. The second-order valence-corrected chi connectivity index (χ2v) is 8.19. The second kappa shape index (κ2) is 10.6. The number of aliphatic imine (C=N–C) groups is 1. The number of amidine groups is 1. The topological polar surface area (TPSA) is 51.1 Å². The van der Waals surface area contributed by atoms with E-state index in [0.717, 1.165) is 42.4 Å². The lowest BCUT2D eigenvalue weighted by Crippen LogP contribution is -2.28. The fourth-order valence-corrected chi connectivity index (χ4v) is 4.34. The first-order chi connectivity index (χ1) is 13.7. The van der Waals surface area contributed by atoms with Gasteiger partial charge in [-0.2, -0.15) is 4.99 Å². The largest absolute Gasteiger partial charge is 0.493 e. The van der Waals surface area contributed by atoms with E-state index < -0.39 is 0 Å². The molecule has 1 fully saturated rings. The van der Waals surface area contributed by atoms with Crippen molar-refractivity contribution in [2.24, 2.45) is 4.99 Å². The fraction of sp³-hybridized carbons (Fsp3) is 0.545. The first-order valence-corrected chi connectivity index (χ1v) is 11.1. The van der Waals surface area contributed by atoms with Crippen molar-refractivity contribution in [1.29, 1.82) is 0 Å². The van der Waals surface area contributed by atoms with Gasteiger partial charge in [0.05, 0.1) is 18.6 Å². The molecule has 0 spiro atoms. The van der Waals surface area contributed by atoms with Crippen LogP contribution in [0.15, 0.2) is 28.1 Å². The van der Waals surface area contributed by atoms with Crippen LogP contribution in [-0.2, 0) is 4.79 Å². The number of rotatable bonds is 7. The fourth-order valence-electron chi connectivity index (χ4n) is 3.37. The molecule has 0 bridgehead atoms. The molecule has 0 aromatic heterocycles. The molecule has 1 aromatic rings. The summed E-state index contributed by atoms with van der Waals surface area (Å²) in [6.07, 6.45) is 10.1. The van der Waals surface area contributed by atoms with Gasteiger partial charge in [-0.1, -0.05) is 38.7 Å². The number of amides is 1. The van der Waals surface area contributed by atoms with Crippen LogP contribution >= 0.6 is 11.8 Å². The summed E-state index contributed by atoms with van der Waals surface area (Å²) in [5.41, 5.74) is 0.918. The molecule has 0 unspecified atom stereocenters. The van der Waals surface area contributed by atoms with Gasteiger partial charge in [-0.25, -0.2) is 0 Å². The average Bonchev–Trinajstić information content (AvgIpc) is 2.90. The van der Waals surface area contributed by atoms with Gasteiger partial charge >= 0.3 is 0 Å². The van der Waals surface area contributed by atoms with Crippen LogP contribution in [0.25, 0.3) is 6.08 Å². The quantitative estimate of drug-likeness (QED) is 0.468. The molecule has 0 aliphatic carbocycles. The smallest absolute Gasteiger partial charge is 0.286 e. The van der Waals surface area contributed by atoms with Crippen LogP contribution in [0.3, 0.4) is 0 Å². The number of benzene rings is 1. The van der Waals surface area contributed by atoms with Crippen molar-refractivity contribution in [2.75, 3.05) is 26.8 Å². The van der Waals surface area contributed by atoms with Crippen LogP contribution in [0.4, 0.5) is 0 Å². The Hall–Kier alpha value is -1.95. The highest BCUT2D eigenvalue weighted by molar-refractivity contribution is 8.18. The summed E-state index contributed by atoms with van der Waals surface area (Å²) in [6, 6.07) is 5.79. The zero-order valence-electron chi connectivity index (χ0n) is 16.9. The van der Waals surface area contributed by atoms with Crippen LogP contribution in [-0.4, -0.2) is 42.8 Å². The summed E-state index contributed by atoms with van der Waals surface area (Å²) < 4.78 is 11.3. The lowest BCUT2D eigenvalue weighted by molar-refractivity contribution is -0.113. The molecule has 0 atom stereocenters. The predicted octanol–water partition coefficient (Wildman–Crippen LogP) is 5.11. The maximum absolute atomic E-state index is 12.4. The zero-order valence-corrected chi connectivity index (χ0v) is 17.7. The van der Waals surface area contributed by atoms with Crippen molar-refractivity contribution >= 4 is 28.9 Å². The van der Waals surface area contributed by atoms with Gasteiger partial charge in [0.1, 0.15) is 0 Å². The molecule has 6 heteroatoms. The molecule has 0 saturated carbocycles. The Morgan fingerprint density at radius 1 is 1.14 bits per heavy atom. The number of carbonyl (C=O) groups excluding carboxylic acids is 1. The molecule has 2 aliphatic rings. The standard InChI is InChI=1S/C22H30N2O3S/c1-3-4-9-14-27-18-11-10-17(15-19(18)26-2)16-20-21(25)23-22(28-20)24-12-7-5-6-8-13-24/h10-11,15-16H,3-9,12-14H2,1-2H3. The molecule has 0 N–H and O–H groups in total. The van der Waals surface area contributed by atoms with Crippen molar-refractivity contribution < 1.29 is 14.3 Å². The monoisotopic (exact) mass is 402 g/mol. The van der Waals surface area contributed by atoms with Gasteiger partial charge in [0.15, 0.2) is 16.7 Å². The molecule has 2 heterocycles. The number of ether oxygens (including phenoxy) is 2. The van der Waals surface area contributed by atoms with E-state index in [0.29, 0.717) is 17.3 Å². The lowest BCUT2D eigenvalue weighted by atomic mass is 10.2. The Labute approximate surface area is 172 Å². The van der Waals surface area contributed by atoms with Crippen molar-refractivity contribution in [3.8, 4) is 11.5 Å². The van der Waals surface area contributed by atoms with Crippen molar-refractivity contribution in [3.05, 3.63) is 28.7 Å². The Morgan fingerprint density at radius 2 is 1.93 bits per heavy atom. The summed E-state index contributed by atoms with van der Waals surface area (Å²) >= 11 is 1.48. The van der Waals surface area contributed by atoms with Crippen LogP contribution < -0.4 is 9.47 Å². The van der Waals surface area contributed by atoms with E-state index >= 15 is 0 Å². The van der Waals surface area contributed by atoms with E-state index in [1.807, 2.05) is 24.3 Å². The zero-order chi connectivity index (χ0) is 19.8. The highest BCUT2D eigenvalue weighted by Gasteiger charge is 2.26. The van der Waals surface area contributed by atoms with Gasteiger partial charge in [0, 0.05) is 13.1 Å². The third kappa shape index (κ3) is 5.53. The number of hydrogen-bond donors (Lipinski definition) is 0. The second-order valence-electron chi connectivity index (χ2n) is 7.18. The van der Waals surface area contributed by atoms with E-state index in [-0.39, 0.29) is 5.91 Å². The molecule has 1 amide bonds. The summed E-state index contributed by atoms with van der Waals surface area (Å²) in [7, 11) is 1.64.